The summed E-state index contributed by atoms with van der Waals surface area (Å²) in [6.45, 7) is 1.75. The van der Waals surface area contributed by atoms with Crippen molar-refractivity contribution in [1.82, 2.24) is 0 Å². The number of benzene rings is 2. The first-order chi connectivity index (χ1) is 12.0. The second-order valence-corrected chi connectivity index (χ2v) is 5.38. The number of hydrogen-bond acceptors (Lipinski definition) is 5. The van der Waals surface area contributed by atoms with Gasteiger partial charge in [-0.25, -0.2) is 0 Å². The number of nitrogens with two attached hydrogens (primary N) is 1. The Labute approximate surface area is 146 Å². The van der Waals surface area contributed by atoms with Gasteiger partial charge in [0.25, 0.3) is 0 Å². The molecule has 25 heavy (non-hydrogen) atoms. The van der Waals surface area contributed by atoms with Gasteiger partial charge in [-0.3, -0.25) is 15.0 Å². The van der Waals surface area contributed by atoms with Gasteiger partial charge in [0.15, 0.2) is 0 Å². The summed E-state index contributed by atoms with van der Waals surface area (Å²) in [7, 11) is 1.31. The largest absolute Gasteiger partial charge is 0.489 e. The third-order valence-corrected chi connectivity index (χ3v) is 3.56. The summed E-state index contributed by atoms with van der Waals surface area (Å²) in [5.41, 5.74) is 2.17. The van der Waals surface area contributed by atoms with E-state index in [1.54, 1.807) is 18.2 Å². The number of anilines is 1. The molecule has 0 amide bonds. The Morgan fingerprint density at radius 2 is 1.84 bits per heavy atom. The van der Waals surface area contributed by atoms with Crippen LogP contribution in [-0.4, -0.2) is 31.1 Å². The highest BCUT2D eigenvalue weighted by atomic mass is 16.5. The zero-order chi connectivity index (χ0) is 18.2. The first-order valence-electron chi connectivity index (χ1n) is 7.76. The van der Waals surface area contributed by atoms with E-state index >= 15 is 0 Å². The number of ether oxygens (including phenoxy) is 2. The molecule has 0 aliphatic carbocycles. The number of Topliss-reactive ketones (excluding diaryl/α,β-unsaturated/α-hetero) is 1. The number of ketones is 1. The molecule has 0 fully saturated rings. The first kappa shape index (κ1) is 18.2. The number of carbonyl (C=O) groups is 2. The van der Waals surface area contributed by atoms with Crippen molar-refractivity contribution in [3.8, 4) is 5.75 Å². The topological polar surface area (TPSA) is 90.2 Å². The van der Waals surface area contributed by atoms with Gasteiger partial charge in [-0.1, -0.05) is 30.3 Å². The Balaban J connectivity index is 2.19. The summed E-state index contributed by atoms with van der Waals surface area (Å²) in [5.74, 6) is -0.107. The molecular formula is C19H21N2O4+. The van der Waals surface area contributed by atoms with Gasteiger partial charge in [0, 0.05) is 12.6 Å². The van der Waals surface area contributed by atoms with Gasteiger partial charge in [-0.2, -0.15) is 0 Å². The molecule has 3 N–H and O–H groups in total. The molecule has 6 heteroatoms. The Hall–Kier alpha value is -3.15. The molecular weight excluding hydrogens is 320 g/mol. The molecule has 2 rings (SSSR count). The molecule has 0 aliphatic rings. The summed E-state index contributed by atoms with van der Waals surface area (Å²) in [5, 5.41) is 8.83. The van der Waals surface area contributed by atoms with E-state index in [4.69, 9.17) is 10.1 Å². The van der Waals surface area contributed by atoms with Crippen LogP contribution in [0.25, 0.3) is 0 Å². The fraction of sp³-hybridized carbons (Fsp3) is 0.211. The molecule has 0 unspecified atom stereocenters. The van der Waals surface area contributed by atoms with Gasteiger partial charge in [-0.05, 0) is 23.8 Å². The maximum Gasteiger partial charge on any atom is 0.325 e. The SMILES string of the molecule is COC(=O)CNc1ccc(OCc2ccccc2)cc1C(=[NH2+])C(C)=O. The number of methoxy groups -OCH3 is 1. The highest BCUT2D eigenvalue weighted by Gasteiger charge is 2.19. The van der Waals surface area contributed by atoms with Crippen molar-refractivity contribution in [3.05, 3.63) is 59.7 Å². The van der Waals surface area contributed by atoms with Crippen molar-refractivity contribution in [2.24, 2.45) is 0 Å². The van der Waals surface area contributed by atoms with Crippen molar-refractivity contribution in [3.63, 3.8) is 0 Å². The number of rotatable bonds is 8. The summed E-state index contributed by atoms with van der Waals surface area (Å²) in [6, 6.07) is 14.9. The average molecular weight is 341 g/mol. The molecule has 0 saturated heterocycles. The van der Waals surface area contributed by atoms with Gasteiger partial charge in [0.2, 0.25) is 11.5 Å². The zero-order valence-corrected chi connectivity index (χ0v) is 14.2. The number of carbonyl (C=O) groups excluding carboxylic acids is 2. The zero-order valence-electron chi connectivity index (χ0n) is 14.2. The Morgan fingerprint density at radius 3 is 2.48 bits per heavy atom. The predicted molar refractivity (Wildman–Crippen MR) is 94.4 cm³/mol. The lowest BCUT2D eigenvalue weighted by Crippen LogP contribution is -2.45. The van der Waals surface area contributed by atoms with Gasteiger partial charge >= 0.3 is 5.97 Å². The van der Waals surface area contributed by atoms with Crippen molar-refractivity contribution < 1.29 is 24.5 Å². The van der Waals surface area contributed by atoms with Crippen LogP contribution in [0.2, 0.25) is 0 Å². The van der Waals surface area contributed by atoms with Gasteiger partial charge in [-0.15, -0.1) is 0 Å². The van der Waals surface area contributed by atoms with Crippen LogP contribution in [0.5, 0.6) is 5.75 Å². The first-order valence-corrected chi connectivity index (χ1v) is 7.76. The van der Waals surface area contributed by atoms with Gasteiger partial charge < -0.3 is 14.8 Å². The van der Waals surface area contributed by atoms with E-state index in [1.807, 2.05) is 30.3 Å². The highest BCUT2D eigenvalue weighted by Crippen LogP contribution is 2.23. The van der Waals surface area contributed by atoms with Gasteiger partial charge in [0.05, 0.1) is 12.7 Å². The third kappa shape index (κ3) is 5.17. The smallest absolute Gasteiger partial charge is 0.325 e. The standard InChI is InChI=1S/C19H20N2O4/c1-13(22)19(20)16-10-15(25-12-14-6-4-3-5-7-14)8-9-17(16)21-11-18(23)24-2/h3-10,20-21H,11-12H2,1-2H3/p+1. The van der Waals surface area contributed by atoms with Crippen LogP contribution < -0.4 is 15.5 Å². The van der Waals surface area contributed by atoms with E-state index in [0.717, 1.165) is 5.56 Å². The van der Waals surface area contributed by atoms with Crippen LogP contribution in [0.15, 0.2) is 48.5 Å². The average Bonchev–Trinajstić information content (AvgIpc) is 2.64. The van der Waals surface area contributed by atoms with E-state index in [2.05, 4.69) is 10.1 Å². The summed E-state index contributed by atoms with van der Waals surface area (Å²) in [6.07, 6.45) is 0. The maximum atomic E-state index is 11.7. The van der Waals surface area contributed by atoms with Crippen molar-refractivity contribution in [2.75, 3.05) is 19.0 Å². The number of nitrogens with one attached hydrogen (secondary N) is 1. The van der Waals surface area contributed by atoms with Crippen molar-refractivity contribution >= 4 is 23.2 Å². The van der Waals surface area contributed by atoms with E-state index in [9.17, 15) is 9.59 Å². The molecule has 0 saturated carbocycles. The normalized spacial score (nSPS) is 10.0. The lowest BCUT2D eigenvalue weighted by Gasteiger charge is -2.12. The van der Waals surface area contributed by atoms with Crippen LogP contribution in [0, 0.1) is 0 Å². The highest BCUT2D eigenvalue weighted by molar-refractivity contribution is 6.44. The van der Waals surface area contributed by atoms with Crippen LogP contribution in [0.3, 0.4) is 0 Å². The van der Waals surface area contributed by atoms with E-state index in [-0.39, 0.29) is 18.0 Å². The molecule has 2 aromatic rings. The van der Waals surface area contributed by atoms with Crippen LogP contribution in [-0.2, 0) is 20.9 Å². The molecule has 2 aromatic carbocycles. The molecule has 0 aliphatic heterocycles. The second-order valence-electron chi connectivity index (χ2n) is 5.38. The van der Waals surface area contributed by atoms with Crippen LogP contribution in [0.1, 0.15) is 18.1 Å². The molecule has 6 nitrogen and oxygen atoms in total. The monoisotopic (exact) mass is 341 g/mol. The van der Waals surface area contributed by atoms with E-state index in [1.165, 1.54) is 14.0 Å². The predicted octanol–water partition coefficient (Wildman–Crippen LogP) is 0.988. The quantitative estimate of drug-likeness (QED) is 0.552. The molecule has 0 bridgehead atoms. The lowest BCUT2D eigenvalue weighted by molar-refractivity contribution is -0.138. The van der Waals surface area contributed by atoms with Crippen LogP contribution >= 0.6 is 0 Å². The summed E-state index contributed by atoms with van der Waals surface area (Å²) in [4.78, 5) is 23.0. The Bertz CT molecular complexity index is 772. The van der Waals surface area contributed by atoms with Crippen molar-refractivity contribution in [1.29, 1.82) is 0 Å². The van der Waals surface area contributed by atoms with E-state index < -0.39 is 5.97 Å². The molecule has 130 valence electrons. The molecule has 0 spiro atoms. The number of hydrogen-bond donors (Lipinski definition) is 2. The minimum absolute atomic E-state index is 0.0289. The molecule has 0 radical (unpaired) electrons. The fourth-order valence-corrected chi connectivity index (χ4v) is 2.16. The minimum atomic E-state index is -0.420. The molecule has 0 atom stereocenters. The fourth-order valence-electron chi connectivity index (χ4n) is 2.16. The Morgan fingerprint density at radius 1 is 1.12 bits per heavy atom. The van der Waals surface area contributed by atoms with Crippen LogP contribution in [0.4, 0.5) is 5.69 Å². The lowest BCUT2D eigenvalue weighted by atomic mass is 10.0. The minimum Gasteiger partial charge on any atom is -0.489 e. The second kappa shape index (κ2) is 8.63. The molecule has 0 aromatic heterocycles. The summed E-state index contributed by atoms with van der Waals surface area (Å²) >= 11 is 0. The number of esters is 1. The van der Waals surface area contributed by atoms with Gasteiger partial charge in [0.1, 0.15) is 18.9 Å². The van der Waals surface area contributed by atoms with Crippen molar-refractivity contribution in [2.45, 2.75) is 13.5 Å². The molecule has 0 heterocycles. The summed E-state index contributed by atoms with van der Waals surface area (Å²) < 4.78 is 10.4. The third-order valence-electron chi connectivity index (χ3n) is 3.56. The van der Waals surface area contributed by atoms with E-state index in [0.29, 0.717) is 23.6 Å². The maximum absolute atomic E-state index is 11.7. The Kier molecular flexibility index (Phi) is 6.28.